The zero-order chi connectivity index (χ0) is 34.8. The predicted molar refractivity (Wildman–Crippen MR) is 178 cm³/mol. The molecule has 1 atom stereocenters. The highest BCUT2D eigenvalue weighted by molar-refractivity contribution is 6.01. The first kappa shape index (κ1) is 33.3. The second-order valence-electron chi connectivity index (χ2n) is 13.1. The van der Waals surface area contributed by atoms with E-state index in [1.54, 1.807) is 12.1 Å². The Hall–Kier alpha value is -5.23. The van der Waals surface area contributed by atoms with Crippen molar-refractivity contribution in [1.82, 2.24) is 15.5 Å². The Labute approximate surface area is 287 Å². The first-order chi connectivity index (χ1) is 24.2. The fourth-order valence-corrected chi connectivity index (χ4v) is 6.96. The van der Waals surface area contributed by atoms with Crippen LogP contribution in [-0.2, 0) is 19.7 Å². The van der Waals surface area contributed by atoms with E-state index in [1.807, 2.05) is 24.3 Å². The quantitative estimate of drug-likeness (QED) is 0.145. The summed E-state index contributed by atoms with van der Waals surface area (Å²) in [6.45, 7) is 2.70. The second-order valence-corrected chi connectivity index (χ2v) is 13.1. The molecular formula is C38H36F2N4O6. The molecule has 2 aliphatic heterocycles. The van der Waals surface area contributed by atoms with Crippen LogP contribution in [0.3, 0.4) is 0 Å². The molecule has 3 aromatic carbocycles. The van der Waals surface area contributed by atoms with Gasteiger partial charge in [0.25, 0.3) is 0 Å². The number of carbonyl (C=O) groups is 3. The van der Waals surface area contributed by atoms with E-state index in [0.29, 0.717) is 37.7 Å². The van der Waals surface area contributed by atoms with Gasteiger partial charge in [-0.05, 0) is 66.8 Å². The van der Waals surface area contributed by atoms with Crippen molar-refractivity contribution in [2.45, 2.75) is 68.9 Å². The number of carbonyl (C=O) groups excluding carboxylic acids is 3. The third kappa shape index (κ3) is 6.93. The number of hydrogen-bond donors (Lipinski definition) is 2. The normalized spacial score (nSPS) is 21.5. The fraction of sp³-hybridized carbons (Fsp3) is 0.342. The van der Waals surface area contributed by atoms with Gasteiger partial charge in [-0.3, -0.25) is 19.7 Å². The molecule has 0 bridgehead atoms. The molecule has 258 valence electrons. The highest BCUT2D eigenvalue weighted by Gasteiger charge is 2.37. The van der Waals surface area contributed by atoms with Crippen LogP contribution in [0.25, 0.3) is 0 Å². The summed E-state index contributed by atoms with van der Waals surface area (Å²) in [6, 6.07) is 21.3. The smallest absolute Gasteiger partial charge is 0.238 e. The molecule has 1 saturated carbocycles. The average molecular weight is 683 g/mol. The Kier molecular flexibility index (Phi) is 9.28. The van der Waals surface area contributed by atoms with Gasteiger partial charge in [-0.25, -0.2) is 8.78 Å². The first-order valence-corrected chi connectivity index (χ1v) is 16.7. The topological polar surface area (TPSA) is 129 Å². The van der Waals surface area contributed by atoms with Crippen molar-refractivity contribution in [3.05, 3.63) is 107 Å². The maximum atomic E-state index is 15.0. The van der Waals surface area contributed by atoms with E-state index in [2.05, 4.69) is 45.1 Å². The van der Waals surface area contributed by atoms with E-state index in [4.69, 9.17) is 14.2 Å². The van der Waals surface area contributed by atoms with Crippen LogP contribution in [0.15, 0.2) is 72.8 Å². The van der Waals surface area contributed by atoms with E-state index < -0.39 is 29.4 Å². The molecule has 50 heavy (non-hydrogen) atoms. The molecule has 7 rings (SSSR count). The van der Waals surface area contributed by atoms with Crippen molar-refractivity contribution in [2.75, 3.05) is 18.5 Å². The van der Waals surface area contributed by atoms with Crippen molar-refractivity contribution in [3.8, 4) is 17.4 Å². The van der Waals surface area contributed by atoms with Crippen LogP contribution in [0.2, 0.25) is 0 Å². The highest BCUT2D eigenvalue weighted by Crippen LogP contribution is 2.43. The molecule has 4 aromatic rings. The number of hydrogen-bond acceptors (Lipinski definition) is 9. The van der Waals surface area contributed by atoms with Gasteiger partial charge < -0.3 is 19.5 Å². The van der Waals surface area contributed by atoms with E-state index in [-0.39, 0.29) is 53.1 Å². The lowest BCUT2D eigenvalue weighted by Gasteiger charge is -2.39. The third-order valence-electron chi connectivity index (χ3n) is 9.84. The van der Waals surface area contributed by atoms with Crippen molar-refractivity contribution in [3.63, 3.8) is 0 Å². The number of anilines is 1. The molecule has 2 amide bonds. The summed E-state index contributed by atoms with van der Waals surface area (Å²) in [5, 5.41) is 13.1. The molecule has 2 saturated heterocycles. The molecule has 3 heterocycles. The number of aromatic nitrogens is 2. The molecule has 0 spiro atoms. The second kappa shape index (κ2) is 13.9. The monoisotopic (exact) mass is 682 g/mol. The van der Waals surface area contributed by atoms with Crippen LogP contribution in [0.1, 0.15) is 78.5 Å². The zero-order valence-corrected chi connectivity index (χ0v) is 27.4. The standard InChI is InChI=1S/C38H36F2N4O6/c1-22(45)33-11-13-36(44-43-33)50-27-8-4-24(5-9-27)38(14-16-48-17-15-38)23-2-6-26(7-3-23)49-28-18-25(19-28)41-34-21-31(39)30(20-32(34)40)29-10-12-35(46)42-37(29)47/h2-9,11,13,20-21,25,28-29,41H,10,12,14-19H2,1H3,(H,42,46,47). The van der Waals surface area contributed by atoms with Gasteiger partial charge in [0.2, 0.25) is 17.7 Å². The summed E-state index contributed by atoms with van der Waals surface area (Å²) >= 11 is 0. The number of rotatable bonds is 10. The lowest BCUT2D eigenvalue weighted by atomic mass is 9.69. The minimum Gasteiger partial charge on any atom is -0.490 e. The number of imide groups is 1. The predicted octanol–water partition coefficient (Wildman–Crippen LogP) is 6.39. The number of piperidine rings is 1. The van der Waals surface area contributed by atoms with E-state index >= 15 is 0 Å². The van der Waals surface area contributed by atoms with Gasteiger partial charge in [0.05, 0.1) is 11.6 Å². The summed E-state index contributed by atoms with van der Waals surface area (Å²) in [4.78, 5) is 35.1. The lowest BCUT2D eigenvalue weighted by molar-refractivity contribution is -0.134. The van der Waals surface area contributed by atoms with Gasteiger partial charge in [-0.15, -0.1) is 10.2 Å². The molecule has 3 fully saturated rings. The van der Waals surface area contributed by atoms with Crippen molar-refractivity contribution in [1.29, 1.82) is 0 Å². The van der Waals surface area contributed by atoms with Crippen molar-refractivity contribution >= 4 is 23.3 Å². The lowest BCUT2D eigenvalue weighted by Crippen LogP contribution is -2.42. The highest BCUT2D eigenvalue weighted by atomic mass is 19.1. The number of halogens is 2. The maximum Gasteiger partial charge on any atom is 0.238 e. The maximum absolute atomic E-state index is 15.0. The minimum absolute atomic E-state index is 0.0321. The number of benzene rings is 3. The molecule has 1 unspecified atom stereocenters. The van der Waals surface area contributed by atoms with Crippen molar-refractivity contribution < 1.29 is 37.4 Å². The van der Waals surface area contributed by atoms with Gasteiger partial charge in [0.1, 0.15) is 34.9 Å². The number of amides is 2. The van der Waals surface area contributed by atoms with Gasteiger partial charge >= 0.3 is 0 Å². The van der Waals surface area contributed by atoms with E-state index in [0.717, 1.165) is 41.9 Å². The Balaban J connectivity index is 0.962. The average Bonchev–Trinajstić information content (AvgIpc) is 3.10. The Morgan fingerprint density at radius 1 is 0.900 bits per heavy atom. The molecule has 1 aromatic heterocycles. The summed E-state index contributed by atoms with van der Waals surface area (Å²) < 4.78 is 47.7. The number of ether oxygens (including phenoxy) is 3. The molecular weight excluding hydrogens is 646 g/mol. The third-order valence-corrected chi connectivity index (χ3v) is 9.84. The molecule has 3 aliphatic rings. The SMILES string of the molecule is CC(=O)c1ccc(Oc2ccc(C3(c4ccc(OC5CC(Nc6cc(F)c(C7CCC(=O)NC7=O)cc6F)C5)cc4)CCOCC3)cc2)nn1. The summed E-state index contributed by atoms with van der Waals surface area (Å²) in [5.41, 5.74) is 2.30. The van der Waals surface area contributed by atoms with Crippen LogP contribution in [0, 0.1) is 11.6 Å². The van der Waals surface area contributed by atoms with Crippen molar-refractivity contribution in [2.24, 2.45) is 0 Å². The van der Waals surface area contributed by atoms with E-state index in [1.165, 1.54) is 6.92 Å². The van der Waals surface area contributed by atoms with Crippen LogP contribution in [-0.4, -0.2) is 53.2 Å². The summed E-state index contributed by atoms with van der Waals surface area (Å²) in [7, 11) is 0. The molecule has 0 radical (unpaired) electrons. The van der Waals surface area contributed by atoms with Crippen LogP contribution >= 0.6 is 0 Å². The Morgan fingerprint density at radius 3 is 2.20 bits per heavy atom. The van der Waals surface area contributed by atoms with Gasteiger partial charge in [-0.2, -0.15) is 0 Å². The Bertz CT molecular complexity index is 1890. The number of Topliss-reactive ketones (excluding diaryl/α,β-unsaturated/α-hetero) is 1. The molecule has 12 heteroatoms. The minimum atomic E-state index is -0.897. The van der Waals surface area contributed by atoms with Gasteiger partial charge in [0.15, 0.2) is 5.78 Å². The largest absolute Gasteiger partial charge is 0.490 e. The summed E-state index contributed by atoms with van der Waals surface area (Å²) in [5.74, 6) is -1.78. The number of nitrogens with zero attached hydrogens (tertiary/aromatic N) is 2. The Morgan fingerprint density at radius 2 is 1.58 bits per heavy atom. The van der Waals surface area contributed by atoms with Crippen LogP contribution < -0.4 is 20.1 Å². The number of ketones is 1. The van der Waals surface area contributed by atoms with Gasteiger partial charge in [0, 0.05) is 68.6 Å². The molecule has 2 N–H and O–H groups in total. The molecule has 10 nitrogen and oxygen atoms in total. The van der Waals surface area contributed by atoms with E-state index in [9.17, 15) is 23.2 Å². The number of nitrogens with one attached hydrogen (secondary N) is 2. The van der Waals surface area contributed by atoms with Gasteiger partial charge in [-0.1, -0.05) is 24.3 Å². The van der Waals surface area contributed by atoms with Crippen LogP contribution in [0.4, 0.5) is 14.5 Å². The molecule has 1 aliphatic carbocycles. The summed E-state index contributed by atoms with van der Waals surface area (Å²) in [6.07, 6.45) is 3.00. The zero-order valence-electron chi connectivity index (χ0n) is 27.4. The van der Waals surface area contributed by atoms with Crippen LogP contribution in [0.5, 0.6) is 17.4 Å². The fourth-order valence-electron chi connectivity index (χ4n) is 6.96. The first-order valence-electron chi connectivity index (χ1n) is 16.7.